The number of sulfonamides is 1. The zero-order valence-corrected chi connectivity index (χ0v) is 22.4. The van der Waals surface area contributed by atoms with Crippen molar-refractivity contribution in [3.05, 3.63) is 45.0 Å². The quantitative estimate of drug-likeness (QED) is 0.513. The standard InChI is InChI=1S/C25H33N5O3S2/c1-15-8-9-18(11-15)23-16(2)12-22-26-20(14-30(22)27-23)21-7-5-6-10-29(21)25(31)24-19(13-17(3)34-24)28-35(4,32)33/h12-15,18,21,28H,5-11H2,1-4H3/t15-,18?,21-/m0/s1. The van der Waals surface area contributed by atoms with Crippen LogP contribution in [-0.2, 0) is 10.0 Å². The Kier molecular flexibility index (Phi) is 6.37. The molecule has 10 heteroatoms. The molecule has 35 heavy (non-hydrogen) atoms. The highest BCUT2D eigenvalue weighted by Gasteiger charge is 2.33. The molecule has 188 valence electrons. The van der Waals surface area contributed by atoms with Gasteiger partial charge in [0.05, 0.1) is 35.6 Å². The maximum Gasteiger partial charge on any atom is 0.266 e. The molecule has 0 aromatic carbocycles. The van der Waals surface area contributed by atoms with Gasteiger partial charge in [-0.3, -0.25) is 9.52 Å². The Bertz CT molecular complexity index is 1380. The minimum atomic E-state index is -3.49. The monoisotopic (exact) mass is 515 g/mol. The van der Waals surface area contributed by atoms with Crippen molar-refractivity contribution in [3.63, 3.8) is 0 Å². The third-order valence-electron chi connectivity index (χ3n) is 7.23. The normalized spacial score (nSPS) is 23.2. The van der Waals surface area contributed by atoms with Gasteiger partial charge in [0.2, 0.25) is 10.0 Å². The number of likely N-dealkylation sites (tertiary alicyclic amines) is 1. The molecule has 5 rings (SSSR count). The summed E-state index contributed by atoms with van der Waals surface area (Å²) in [5.74, 6) is 1.08. The third kappa shape index (κ3) is 4.95. The van der Waals surface area contributed by atoms with Crippen LogP contribution in [0.5, 0.6) is 0 Å². The van der Waals surface area contributed by atoms with Gasteiger partial charge in [0.1, 0.15) is 4.88 Å². The molecule has 8 nitrogen and oxygen atoms in total. The molecule has 1 aliphatic heterocycles. The number of carbonyl (C=O) groups is 1. The lowest BCUT2D eigenvalue weighted by molar-refractivity contribution is 0.0612. The van der Waals surface area contributed by atoms with Crippen molar-refractivity contribution >= 4 is 38.6 Å². The van der Waals surface area contributed by atoms with Gasteiger partial charge in [-0.2, -0.15) is 5.10 Å². The third-order valence-corrected chi connectivity index (χ3v) is 8.86. The number of nitrogens with zero attached hydrogens (tertiary/aromatic N) is 4. The second-order valence-electron chi connectivity index (χ2n) is 10.3. The summed E-state index contributed by atoms with van der Waals surface area (Å²) < 4.78 is 28.1. The van der Waals surface area contributed by atoms with Crippen molar-refractivity contribution in [2.45, 2.75) is 71.3 Å². The number of aromatic nitrogens is 3. The number of hydrogen-bond donors (Lipinski definition) is 1. The molecule has 1 unspecified atom stereocenters. The van der Waals surface area contributed by atoms with Crippen LogP contribution in [0.4, 0.5) is 5.69 Å². The van der Waals surface area contributed by atoms with Gasteiger partial charge < -0.3 is 4.90 Å². The maximum absolute atomic E-state index is 13.7. The Morgan fingerprint density at radius 1 is 1.17 bits per heavy atom. The Morgan fingerprint density at radius 2 is 1.97 bits per heavy atom. The molecule has 3 atom stereocenters. The lowest BCUT2D eigenvalue weighted by Gasteiger charge is -2.34. The first-order valence-electron chi connectivity index (χ1n) is 12.3. The zero-order chi connectivity index (χ0) is 24.9. The predicted molar refractivity (Wildman–Crippen MR) is 139 cm³/mol. The summed E-state index contributed by atoms with van der Waals surface area (Å²) in [7, 11) is -3.49. The van der Waals surface area contributed by atoms with Gasteiger partial charge in [-0.05, 0) is 69.6 Å². The number of nitrogens with one attached hydrogen (secondary N) is 1. The number of piperidine rings is 1. The molecule has 0 spiro atoms. The number of rotatable bonds is 5. The van der Waals surface area contributed by atoms with Crippen LogP contribution in [0.15, 0.2) is 18.3 Å². The Hall–Kier alpha value is -2.46. The van der Waals surface area contributed by atoms with E-state index >= 15 is 0 Å². The average molecular weight is 516 g/mol. The molecule has 1 amide bonds. The van der Waals surface area contributed by atoms with Gasteiger partial charge >= 0.3 is 0 Å². The molecule has 0 bridgehead atoms. The number of fused-ring (bicyclic) bond motifs is 1. The number of thiophene rings is 1. The van der Waals surface area contributed by atoms with Crippen molar-refractivity contribution in [2.75, 3.05) is 17.5 Å². The summed E-state index contributed by atoms with van der Waals surface area (Å²) in [6, 6.07) is 3.67. The van der Waals surface area contributed by atoms with Crippen LogP contribution in [0.1, 0.15) is 88.9 Å². The number of aryl methyl sites for hydroxylation is 2. The Balaban J connectivity index is 1.47. The van der Waals surface area contributed by atoms with Gasteiger partial charge in [-0.1, -0.05) is 13.3 Å². The first-order valence-corrected chi connectivity index (χ1v) is 15.1. The molecule has 3 aromatic rings. The highest BCUT2D eigenvalue weighted by Crippen LogP contribution is 2.39. The van der Waals surface area contributed by atoms with Crippen molar-refractivity contribution in [1.29, 1.82) is 0 Å². The molecule has 2 fully saturated rings. The molecular weight excluding hydrogens is 482 g/mol. The minimum Gasteiger partial charge on any atom is -0.329 e. The van der Waals surface area contributed by atoms with E-state index in [-0.39, 0.29) is 11.9 Å². The number of carbonyl (C=O) groups excluding carboxylic acids is 1. The van der Waals surface area contributed by atoms with Crippen LogP contribution in [0, 0.1) is 19.8 Å². The largest absolute Gasteiger partial charge is 0.329 e. The van der Waals surface area contributed by atoms with Gasteiger partial charge in [0.15, 0.2) is 5.65 Å². The van der Waals surface area contributed by atoms with Gasteiger partial charge in [-0.25, -0.2) is 17.9 Å². The average Bonchev–Trinajstić information content (AvgIpc) is 3.49. The van der Waals surface area contributed by atoms with Crippen LogP contribution < -0.4 is 4.72 Å². The van der Waals surface area contributed by atoms with Crippen LogP contribution in [0.3, 0.4) is 0 Å². The fourth-order valence-electron chi connectivity index (χ4n) is 5.63. The van der Waals surface area contributed by atoms with E-state index in [1.165, 1.54) is 36.2 Å². The van der Waals surface area contributed by atoms with E-state index in [0.717, 1.165) is 53.3 Å². The number of anilines is 1. The lowest BCUT2D eigenvalue weighted by atomic mass is 9.99. The second-order valence-corrected chi connectivity index (χ2v) is 13.3. The van der Waals surface area contributed by atoms with E-state index in [9.17, 15) is 13.2 Å². The van der Waals surface area contributed by atoms with Crippen LogP contribution in [-0.4, -0.2) is 46.6 Å². The van der Waals surface area contributed by atoms with E-state index in [2.05, 4.69) is 24.6 Å². The number of amides is 1. The van der Waals surface area contributed by atoms with Crippen molar-refractivity contribution < 1.29 is 13.2 Å². The van der Waals surface area contributed by atoms with Crippen LogP contribution >= 0.6 is 11.3 Å². The minimum absolute atomic E-state index is 0.152. The Labute approximate surface area is 210 Å². The second kappa shape index (κ2) is 9.20. The van der Waals surface area contributed by atoms with Crippen LogP contribution in [0.25, 0.3) is 5.65 Å². The topological polar surface area (TPSA) is 96.7 Å². The molecular formula is C25H33N5O3S2. The van der Waals surface area contributed by atoms with Gasteiger partial charge in [0, 0.05) is 17.3 Å². The van der Waals surface area contributed by atoms with Gasteiger partial charge in [0.25, 0.3) is 5.91 Å². The molecule has 1 aliphatic carbocycles. The first kappa shape index (κ1) is 24.2. The summed E-state index contributed by atoms with van der Waals surface area (Å²) in [5.41, 5.74) is 4.33. The smallest absolute Gasteiger partial charge is 0.266 e. The fourth-order valence-corrected chi connectivity index (χ4v) is 7.17. The number of hydrogen-bond acceptors (Lipinski definition) is 6. The number of imidazole rings is 1. The molecule has 3 aromatic heterocycles. The van der Waals surface area contributed by atoms with Crippen molar-refractivity contribution in [2.24, 2.45) is 5.92 Å². The van der Waals surface area contributed by atoms with E-state index in [0.29, 0.717) is 23.0 Å². The zero-order valence-electron chi connectivity index (χ0n) is 20.7. The fraction of sp³-hybridized carbons (Fsp3) is 0.560. The highest BCUT2D eigenvalue weighted by molar-refractivity contribution is 7.92. The summed E-state index contributed by atoms with van der Waals surface area (Å²) in [6.07, 6.45) is 9.42. The maximum atomic E-state index is 13.7. The molecule has 4 heterocycles. The molecule has 0 radical (unpaired) electrons. The molecule has 1 N–H and O–H groups in total. The van der Waals surface area contributed by atoms with E-state index in [1.807, 2.05) is 22.5 Å². The molecule has 2 aliphatic rings. The van der Waals surface area contributed by atoms with Crippen LogP contribution in [0.2, 0.25) is 0 Å². The van der Waals surface area contributed by atoms with E-state index in [4.69, 9.17) is 10.1 Å². The SMILES string of the molecule is Cc1cc(NS(C)(=O)=O)c(C(=O)N2CCCC[C@H]2c2cn3nc(C4CC[C@H](C)C4)c(C)cc3n2)s1. The highest BCUT2D eigenvalue weighted by atomic mass is 32.2. The van der Waals surface area contributed by atoms with Gasteiger partial charge in [-0.15, -0.1) is 11.3 Å². The summed E-state index contributed by atoms with van der Waals surface area (Å²) in [5, 5.41) is 4.97. The first-order chi connectivity index (χ1) is 16.6. The van der Waals surface area contributed by atoms with Crippen molar-refractivity contribution in [1.82, 2.24) is 19.5 Å². The van der Waals surface area contributed by atoms with E-state index < -0.39 is 10.0 Å². The lowest BCUT2D eigenvalue weighted by Crippen LogP contribution is -2.38. The van der Waals surface area contributed by atoms with Crippen molar-refractivity contribution in [3.8, 4) is 0 Å². The summed E-state index contributed by atoms with van der Waals surface area (Å²) in [4.78, 5) is 21.7. The summed E-state index contributed by atoms with van der Waals surface area (Å²) >= 11 is 1.32. The molecule has 1 saturated heterocycles. The molecule has 1 saturated carbocycles. The summed E-state index contributed by atoms with van der Waals surface area (Å²) in [6.45, 7) is 6.92. The Morgan fingerprint density at radius 3 is 2.69 bits per heavy atom. The predicted octanol–water partition coefficient (Wildman–Crippen LogP) is 5.05. The van der Waals surface area contributed by atoms with E-state index in [1.54, 1.807) is 6.07 Å².